The minimum absolute atomic E-state index is 0.00174. The van der Waals surface area contributed by atoms with Gasteiger partial charge < -0.3 is 15.2 Å². The largest absolute Gasteiger partial charge is 0.352 e. The van der Waals surface area contributed by atoms with Crippen molar-refractivity contribution in [3.05, 3.63) is 59.7 Å². The van der Waals surface area contributed by atoms with E-state index in [4.69, 9.17) is 0 Å². The van der Waals surface area contributed by atoms with Crippen molar-refractivity contribution in [1.82, 2.24) is 15.3 Å². The topological polar surface area (TPSA) is 61.0 Å². The number of anilines is 1. The Kier molecular flexibility index (Phi) is 5.10. The lowest BCUT2D eigenvalue weighted by Gasteiger charge is -2.31. The molecule has 0 radical (unpaired) electrons. The van der Waals surface area contributed by atoms with Crippen molar-refractivity contribution < 1.29 is 4.79 Å². The van der Waals surface area contributed by atoms with Gasteiger partial charge in [-0.15, -0.1) is 0 Å². The van der Waals surface area contributed by atoms with Crippen LogP contribution in [0.25, 0.3) is 11.0 Å². The van der Waals surface area contributed by atoms with Gasteiger partial charge in [-0.1, -0.05) is 43.3 Å². The summed E-state index contributed by atoms with van der Waals surface area (Å²) in [7, 11) is 0. The monoisotopic (exact) mass is 362 g/mol. The van der Waals surface area contributed by atoms with Crippen LogP contribution in [-0.2, 0) is 17.8 Å². The van der Waals surface area contributed by atoms with E-state index in [-0.39, 0.29) is 11.8 Å². The number of carbonyl (C=O) groups excluding carboxylic acids is 1. The van der Waals surface area contributed by atoms with Crippen LogP contribution in [0.2, 0.25) is 0 Å². The van der Waals surface area contributed by atoms with Gasteiger partial charge in [-0.05, 0) is 42.5 Å². The molecule has 1 amide bonds. The van der Waals surface area contributed by atoms with Gasteiger partial charge in [-0.25, -0.2) is 4.98 Å². The second-order valence-electron chi connectivity index (χ2n) is 7.25. The number of imidazole rings is 1. The first-order valence-electron chi connectivity index (χ1n) is 9.78. The highest BCUT2D eigenvalue weighted by molar-refractivity contribution is 5.80. The molecule has 1 atom stereocenters. The zero-order valence-electron chi connectivity index (χ0n) is 15.7. The Morgan fingerprint density at radius 3 is 2.74 bits per heavy atom. The average Bonchev–Trinajstić information content (AvgIpc) is 3.17. The number of aromatic nitrogens is 2. The van der Waals surface area contributed by atoms with Crippen molar-refractivity contribution in [1.29, 1.82) is 0 Å². The molecule has 0 saturated carbocycles. The quantitative estimate of drug-likeness (QED) is 0.728. The molecule has 0 bridgehead atoms. The van der Waals surface area contributed by atoms with Gasteiger partial charge in [0.2, 0.25) is 11.9 Å². The number of hydrogen-bond acceptors (Lipinski definition) is 3. The summed E-state index contributed by atoms with van der Waals surface area (Å²) in [5, 5.41) is 3.11. The maximum absolute atomic E-state index is 12.7. The summed E-state index contributed by atoms with van der Waals surface area (Å²) in [5.74, 6) is 1.00. The summed E-state index contributed by atoms with van der Waals surface area (Å²) < 4.78 is 0. The maximum atomic E-state index is 12.7. The van der Waals surface area contributed by atoms with Crippen molar-refractivity contribution in [2.45, 2.75) is 32.7 Å². The molecule has 2 N–H and O–H groups in total. The van der Waals surface area contributed by atoms with E-state index in [1.165, 1.54) is 5.56 Å². The molecule has 5 heteroatoms. The van der Waals surface area contributed by atoms with Crippen LogP contribution in [0.4, 0.5) is 5.95 Å². The van der Waals surface area contributed by atoms with E-state index in [0.717, 1.165) is 48.4 Å². The number of aromatic amines is 1. The van der Waals surface area contributed by atoms with E-state index in [1.54, 1.807) is 0 Å². The summed E-state index contributed by atoms with van der Waals surface area (Å²) in [6.45, 7) is 4.38. The van der Waals surface area contributed by atoms with Gasteiger partial charge in [-0.2, -0.15) is 0 Å². The predicted molar refractivity (Wildman–Crippen MR) is 109 cm³/mol. The summed E-state index contributed by atoms with van der Waals surface area (Å²) in [6, 6.07) is 16.5. The number of aryl methyl sites for hydroxylation is 1. The summed E-state index contributed by atoms with van der Waals surface area (Å²) in [4.78, 5) is 22.9. The van der Waals surface area contributed by atoms with Crippen molar-refractivity contribution in [2.24, 2.45) is 5.92 Å². The number of H-pyrrole nitrogens is 1. The molecule has 5 nitrogen and oxygen atoms in total. The molecule has 1 saturated heterocycles. The Morgan fingerprint density at radius 2 is 1.96 bits per heavy atom. The molecule has 1 aliphatic rings. The van der Waals surface area contributed by atoms with Crippen LogP contribution in [-0.4, -0.2) is 29.0 Å². The molecule has 4 rings (SSSR count). The molecule has 1 aliphatic heterocycles. The Morgan fingerprint density at radius 1 is 1.19 bits per heavy atom. The van der Waals surface area contributed by atoms with Gasteiger partial charge >= 0.3 is 0 Å². The highest BCUT2D eigenvalue weighted by atomic mass is 16.1. The molecular weight excluding hydrogens is 336 g/mol. The maximum Gasteiger partial charge on any atom is 0.225 e. The number of piperidine rings is 1. The standard InChI is InChI=1S/C22H26N4O/c1-2-16-9-11-17(12-10-16)14-23-21(27)18-6-5-13-26(15-18)22-24-19-7-3-4-8-20(19)25-22/h3-4,7-12,18H,2,5-6,13-15H2,1H3,(H,23,27)(H,24,25)/t18-/m1/s1. The molecule has 27 heavy (non-hydrogen) atoms. The smallest absolute Gasteiger partial charge is 0.225 e. The number of amides is 1. The molecule has 0 aliphatic carbocycles. The van der Waals surface area contributed by atoms with Crippen LogP contribution in [0.1, 0.15) is 30.9 Å². The van der Waals surface area contributed by atoms with Crippen molar-refractivity contribution in [3.63, 3.8) is 0 Å². The number of nitrogens with one attached hydrogen (secondary N) is 2. The predicted octanol–water partition coefficient (Wildman–Crippen LogP) is 3.66. The van der Waals surface area contributed by atoms with E-state index >= 15 is 0 Å². The van der Waals surface area contributed by atoms with Crippen LogP contribution in [0, 0.1) is 5.92 Å². The molecule has 140 valence electrons. The lowest BCUT2D eigenvalue weighted by atomic mass is 9.97. The van der Waals surface area contributed by atoms with E-state index in [9.17, 15) is 4.79 Å². The summed E-state index contributed by atoms with van der Waals surface area (Å²) in [6.07, 6.45) is 2.96. The number of carbonyl (C=O) groups is 1. The van der Waals surface area contributed by atoms with Crippen molar-refractivity contribution >= 4 is 22.9 Å². The normalized spacial score (nSPS) is 17.2. The first kappa shape index (κ1) is 17.6. The van der Waals surface area contributed by atoms with E-state index in [2.05, 4.69) is 51.4 Å². The zero-order chi connectivity index (χ0) is 18.6. The SMILES string of the molecule is CCc1ccc(CNC(=O)[C@@H]2CCCN(c3nc4ccccc4[nH]3)C2)cc1. The summed E-state index contributed by atoms with van der Waals surface area (Å²) >= 11 is 0. The number of hydrogen-bond donors (Lipinski definition) is 2. The molecule has 2 aromatic carbocycles. The molecule has 1 aromatic heterocycles. The minimum atomic E-state index is 0.00174. The molecule has 0 spiro atoms. The lowest BCUT2D eigenvalue weighted by Crippen LogP contribution is -2.43. The fourth-order valence-corrected chi connectivity index (χ4v) is 3.70. The molecule has 0 unspecified atom stereocenters. The Bertz CT molecular complexity index is 882. The highest BCUT2D eigenvalue weighted by Gasteiger charge is 2.27. The number of para-hydroxylation sites is 2. The van der Waals surface area contributed by atoms with E-state index in [0.29, 0.717) is 13.1 Å². The van der Waals surface area contributed by atoms with Gasteiger partial charge in [0, 0.05) is 19.6 Å². The third-order valence-electron chi connectivity index (χ3n) is 5.37. The van der Waals surface area contributed by atoms with Crippen molar-refractivity contribution in [3.8, 4) is 0 Å². The van der Waals surface area contributed by atoms with Gasteiger partial charge in [0.25, 0.3) is 0 Å². The number of benzene rings is 2. The van der Waals surface area contributed by atoms with Gasteiger partial charge in [0.05, 0.1) is 17.0 Å². The summed E-state index contributed by atoms with van der Waals surface area (Å²) in [5.41, 5.74) is 4.47. The first-order chi connectivity index (χ1) is 13.2. The molecular formula is C22H26N4O. The van der Waals surface area contributed by atoms with Crippen LogP contribution >= 0.6 is 0 Å². The number of nitrogens with zero attached hydrogens (tertiary/aromatic N) is 2. The Labute approximate surface area is 159 Å². The fraction of sp³-hybridized carbons (Fsp3) is 0.364. The first-order valence-corrected chi connectivity index (χ1v) is 9.78. The Hall–Kier alpha value is -2.82. The molecule has 2 heterocycles. The third-order valence-corrected chi connectivity index (χ3v) is 5.37. The van der Waals surface area contributed by atoms with Crippen LogP contribution in [0.5, 0.6) is 0 Å². The second kappa shape index (κ2) is 7.82. The van der Waals surface area contributed by atoms with Crippen molar-refractivity contribution in [2.75, 3.05) is 18.0 Å². The van der Waals surface area contributed by atoms with Gasteiger partial charge in [-0.3, -0.25) is 4.79 Å². The van der Waals surface area contributed by atoms with E-state index < -0.39 is 0 Å². The minimum Gasteiger partial charge on any atom is -0.352 e. The van der Waals surface area contributed by atoms with Gasteiger partial charge in [0.1, 0.15) is 0 Å². The van der Waals surface area contributed by atoms with Crippen LogP contribution in [0.3, 0.4) is 0 Å². The molecule has 1 fully saturated rings. The average molecular weight is 362 g/mol. The number of rotatable bonds is 5. The fourth-order valence-electron chi connectivity index (χ4n) is 3.70. The Balaban J connectivity index is 1.37. The van der Waals surface area contributed by atoms with Crippen LogP contribution in [0.15, 0.2) is 48.5 Å². The lowest BCUT2D eigenvalue weighted by molar-refractivity contribution is -0.125. The number of fused-ring (bicyclic) bond motifs is 1. The highest BCUT2D eigenvalue weighted by Crippen LogP contribution is 2.23. The van der Waals surface area contributed by atoms with Crippen LogP contribution < -0.4 is 10.2 Å². The second-order valence-corrected chi connectivity index (χ2v) is 7.25. The third kappa shape index (κ3) is 3.97. The van der Waals surface area contributed by atoms with E-state index in [1.807, 2.05) is 24.3 Å². The molecule has 3 aromatic rings. The van der Waals surface area contributed by atoms with Gasteiger partial charge in [0.15, 0.2) is 0 Å². The zero-order valence-corrected chi connectivity index (χ0v) is 15.7.